The van der Waals surface area contributed by atoms with E-state index in [0.29, 0.717) is 5.04 Å². The largest absolute Gasteiger partial charge is 0.368 e. The molecule has 15 heteroatoms. The summed E-state index contributed by atoms with van der Waals surface area (Å²) in [6.07, 6.45) is 2.77. The van der Waals surface area contributed by atoms with Gasteiger partial charge in [0.1, 0.15) is 0 Å². The van der Waals surface area contributed by atoms with Gasteiger partial charge in [-0.25, -0.2) is 0 Å². The highest BCUT2D eigenvalue weighted by atomic mass is 79.9. The minimum absolute atomic E-state index is 0.284. The van der Waals surface area contributed by atoms with Crippen LogP contribution < -0.4 is 63.7 Å². The van der Waals surface area contributed by atoms with E-state index < -0.39 is 43.9 Å². The molecule has 0 saturated carbocycles. The smallest absolute Gasteiger partial charge is 0.171 e. The molecule has 0 radical (unpaired) electrons. The molecule has 138 heavy (non-hydrogen) atoms. The summed E-state index contributed by atoms with van der Waals surface area (Å²) in [5.41, 5.74) is 20.6. The van der Waals surface area contributed by atoms with Crippen molar-refractivity contribution in [3.63, 3.8) is 0 Å². The highest BCUT2D eigenvalue weighted by molar-refractivity contribution is 9.11. The Morgan fingerprint density at radius 1 is 0.225 bits per heavy atom. The first-order valence-corrected chi connectivity index (χ1v) is 63.3. The molecule has 0 bridgehead atoms. The fourth-order valence-electron chi connectivity index (χ4n) is 19.8. The molecule has 3 aliphatic carbocycles. The number of nitrogens with zero attached hydrogens (tertiary/aromatic N) is 2. The van der Waals surface area contributed by atoms with Crippen molar-refractivity contribution in [3.05, 3.63) is 490 Å². The van der Waals surface area contributed by atoms with Crippen LogP contribution in [0.4, 0.5) is 0 Å². The van der Waals surface area contributed by atoms with Crippen LogP contribution in [0.25, 0.3) is 77.0 Å². The molecule has 0 aliphatic heterocycles. The number of fused-ring (bicyclic) bond motifs is 15. The van der Waals surface area contributed by atoms with Gasteiger partial charge >= 0.3 is 0 Å². The molecule has 0 amide bonds. The Bertz CT molecular complexity index is 7610. The summed E-state index contributed by atoms with van der Waals surface area (Å²) in [5, 5.41) is 17.2. The summed E-state index contributed by atoms with van der Waals surface area (Å²) in [6, 6.07) is 150. The lowest BCUT2D eigenvalue weighted by molar-refractivity contribution is 0.591. The first-order chi connectivity index (χ1) is 66.5. The maximum absolute atomic E-state index is 15.1. The molecular formula is C123H109Br3N2O3P4SSi2. The normalized spacial score (nSPS) is 12.7. The zero-order valence-corrected chi connectivity index (χ0v) is 90.4. The van der Waals surface area contributed by atoms with Gasteiger partial charge in [0.05, 0.1) is 0 Å². The summed E-state index contributed by atoms with van der Waals surface area (Å²) in [5.74, 6) is 0. The standard InChI is InChI=1S/C37H28O2P2.C25H19OP.C25H19PS.C18H21Br2NSi.C18H22BrNSi/c38-40(30-13-5-1-6-14-30,31-15-7-2-8-16-31)34-23-21-28-25-29-22-24-35(27-37(29)36(28)26-34)41(39,32-17-9-3-10-18-32)33-19-11-4-12-20-33;26-27(21-10-3-1-4-11-21,22-12-5-2-6-13-22)23-16-15-20-17-19-9-7-8-14-24(19)25(20)18-23;27-26(21-10-3-1-4-11-21,22-12-5-2-6-13-22)23-16-15-20-17-19-9-7-8-14-24(19)25(20)18-23;1-18(2,3)22(4,5)21-16-8-6-12(19)10-14(16)15-11-13(20)7-9-17(15)21;1-18(2,3)21(4,5)20-16-9-7-6-8-14(16)15-12-13(19)10-11-17(15)20/h1-24,26-27H,25H2;2*1-16,18H,17H2;6-11H,1-5H3;6-12H,1-5H3. The van der Waals surface area contributed by atoms with Gasteiger partial charge in [-0.05, 0) is 197 Å². The van der Waals surface area contributed by atoms with Gasteiger partial charge in [0.15, 0.2) is 37.9 Å². The van der Waals surface area contributed by atoms with Gasteiger partial charge in [0, 0.05) is 111 Å². The van der Waals surface area contributed by atoms with Crippen molar-refractivity contribution in [2.75, 3.05) is 0 Å². The fraction of sp³-hybridized carbons (Fsp3) is 0.122. The topological polar surface area (TPSA) is 61.1 Å². The number of rotatable bonds is 14. The van der Waals surface area contributed by atoms with Crippen LogP contribution >= 0.6 is 75.3 Å². The minimum atomic E-state index is -3.12. The molecule has 3 aliphatic rings. The lowest BCUT2D eigenvalue weighted by Gasteiger charge is -2.39. The van der Waals surface area contributed by atoms with E-state index in [9.17, 15) is 4.57 Å². The molecule has 0 unspecified atom stereocenters. The maximum atomic E-state index is 15.1. The van der Waals surface area contributed by atoms with Crippen LogP contribution in [0.2, 0.25) is 36.3 Å². The molecule has 0 saturated heterocycles. The molecule has 684 valence electrons. The molecule has 23 rings (SSSR count). The van der Waals surface area contributed by atoms with Gasteiger partial charge in [-0.15, -0.1) is 0 Å². The highest BCUT2D eigenvalue weighted by Crippen LogP contribution is 2.53. The molecule has 18 aromatic carbocycles. The maximum Gasteiger partial charge on any atom is 0.171 e. The summed E-state index contributed by atoms with van der Waals surface area (Å²) in [4.78, 5) is 0. The first kappa shape index (κ1) is 95.7. The number of para-hydroxylation sites is 1. The van der Waals surface area contributed by atoms with Crippen molar-refractivity contribution in [1.29, 1.82) is 0 Å². The third kappa shape index (κ3) is 17.9. The van der Waals surface area contributed by atoms with Gasteiger partial charge in [-0.3, -0.25) is 0 Å². The lowest BCUT2D eigenvalue weighted by atomic mass is 10.1. The van der Waals surface area contributed by atoms with Gasteiger partial charge in [-0.2, -0.15) is 0 Å². The highest BCUT2D eigenvalue weighted by Gasteiger charge is 2.43. The van der Waals surface area contributed by atoms with Crippen molar-refractivity contribution in [3.8, 4) is 33.4 Å². The van der Waals surface area contributed by atoms with E-state index in [4.69, 9.17) is 11.8 Å². The zero-order chi connectivity index (χ0) is 96.1. The van der Waals surface area contributed by atoms with E-state index in [-0.39, 0.29) is 5.04 Å². The van der Waals surface area contributed by atoms with Crippen LogP contribution in [0.3, 0.4) is 0 Å². The Morgan fingerprint density at radius 3 is 0.732 bits per heavy atom. The summed E-state index contributed by atoms with van der Waals surface area (Å²) in [7, 11) is -12.5. The Balaban J connectivity index is 0.000000113. The van der Waals surface area contributed by atoms with Gasteiger partial charge < -0.3 is 22.2 Å². The van der Waals surface area contributed by atoms with Crippen molar-refractivity contribution in [2.24, 2.45) is 0 Å². The second-order valence-corrected chi connectivity index (χ2v) is 64.7. The Morgan fingerprint density at radius 2 is 0.442 bits per heavy atom. The van der Waals surface area contributed by atoms with E-state index in [2.05, 4.69) is 373 Å². The zero-order valence-electron chi connectivity index (χ0n) is 79.2. The second kappa shape index (κ2) is 39.1. The average Bonchev–Trinajstić information content (AvgIpc) is 1.57. The third-order valence-electron chi connectivity index (χ3n) is 28.9. The van der Waals surface area contributed by atoms with E-state index in [1.165, 1.54) is 115 Å². The number of aromatic nitrogens is 2. The van der Waals surface area contributed by atoms with Crippen LogP contribution in [0.15, 0.2) is 456 Å². The second-order valence-electron chi connectivity index (χ2n) is 39.1. The van der Waals surface area contributed by atoms with E-state index in [1.54, 1.807) is 0 Å². The average molecular weight is 2120 g/mol. The minimum Gasteiger partial charge on any atom is -0.368 e. The number of benzene rings is 18. The Kier molecular flexibility index (Phi) is 27.1. The van der Waals surface area contributed by atoms with Crippen LogP contribution in [0, 0.1) is 0 Å². The molecule has 0 spiro atoms. The number of hydrogen-bond acceptors (Lipinski definition) is 4. The number of hydrogen-bond donors (Lipinski definition) is 0. The summed E-state index contributed by atoms with van der Waals surface area (Å²) >= 11 is 17.4. The van der Waals surface area contributed by atoms with Crippen molar-refractivity contribution < 1.29 is 13.7 Å². The molecule has 0 atom stereocenters. The SMILES string of the molecule is CC(C)(C)[Si](C)(C)n1c2ccc(Br)cc2c2cc(Br)ccc21.CC(C)(C)[Si](C)(C)n1c2ccccc2c2cc(Br)ccc21.O=P(c1ccccc1)(c1ccccc1)c1ccc2c(c1)-c1cc(P(=O)(c3ccccc3)c3ccccc3)ccc1C2.O=P(c1ccccc1)(c1ccccc1)c1ccc2c(c1)-c1ccccc1C2.S=P(c1ccccc1)(c1ccccc1)c1ccc2c(c1)-c1ccccc1C2. The Hall–Kier alpha value is -11.2. The van der Waals surface area contributed by atoms with Gasteiger partial charge in [0.2, 0.25) is 0 Å². The van der Waals surface area contributed by atoms with Gasteiger partial charge in [0.25, 0.3) is 0 Å². The van der Waals surface area contributed by atoms with Crippen LogP contribution in [0.1, 0.15) is 74.9 Å². The van der Waals surface area contributed by atoms with Crippen molar-refractivity contribution >= 4 is 211 Å². The predicted octanol–water partition coefficient (Wildman–Crippen LogP) is 30.0. The molecule has 0 N–H and O–H groups in total. The summed E-state index contributed by atoms with van der Waals surface area (Å²) in [6.45, 7) is 24.1. The van der Waals surface area contributed by atoms with E-state index in [0.717, 1.165) is 91.5 Å². The fourth-order valence-corrected chi connectivity index (χ4v) is 37.2. The van der Waals surface area contributed by atoms with E-state index >= 15 is 9.13 Å². The molecule has 0 fully saturated rings. The molecule has 5 nitrogen and oxygen atoms in total. The van der Waals surface area contributed by atoms with Crippen LogP contribution in [-0.2, 0) is 44.8 Å². The van der Waals surface area contributed by atoms with Crippen LogP contribution in [0.5, 0.6) is 0 Å². The molecule has 2 heterocycles. The first-order valence-electron chi connectivity index (χ1n) is 47.1. The summed E-state index contributed by atoms with van der Waals surface area (Å²) < 4.78 is 53.4. The molecule has 20 aromatic rings. The van der Waals surface area contributed by atoms with Crippen molar-refractivity contribution in [2.45, 2.75) is 97.1 Å². The van der Waals surface area contributed by atoms with E-state index in [1.807, 2.05) is 194 Å². The number of halogens is 3. The van der Waals surface area contributed by atoms with Crippen molar-refractivity contribution in [1.82, 2.24) is 8.47 Å². The molecular weight excluding hydrogens is 2010 g/mol. The third-order valence-corrected chi connectivity index (χ3v) is 55.1. The van der Waals surface area contributed by atoms with Crippen LogP contribution in [-0.4, -0.2) is 24.9 Å². The molecule has 2 aromatic heterocycles. The monoisotopic (exact) mass is 2110 g/mol. The predicted molar refractivity (Wildman–Crippen MR) is 615 cm³/mol. The lowest BCUT2D eigenvalue weighted by Crippen LogP contribution is -2.45. The van der Waals surface area contributed by atoms with Gasteiger partial charge in [-0.1, -0.05) is 485 Å². The Labute approximate surface area is 845 Å². The quantitative estimate of drug-likeness (QED) is 0.0804.